The fourth-order valence-corrected chi connectivity index (χ4v) is 8.55. The molecule has 0 bridgehead atoms. The van der Waals surface area contributed by atoms with Gasteiger partial charge in [0.25, 0.3) is 0 Å². The molecule has 2 saturated carbocycles. The van der Waals surface area contributed by atoms with Crippen LogP contribution in [0.25, 0.3) is 11.0 Å². The van der Waals surface area contributed by atoms with Gasteiger partial charge in [-0.05, 0) is 93.0 Å². The molecular weight excluding hydrogens is 508 g/mol. The second-order valence-electron chi connectivity index (χ2n) is 12.1. The number of aliphatic hydroxyl groups is 1. The first-order valence-corrected chi connectivity index (χ1v) is 16.2. The summed E-state index contributed by atoms with van der Waals surface area (Å²) in [5, 5.41) is 9.78. The lowest BCUT2D eigenvalue weighted by molar-refractivity contribution is -0.119. The number of aryl methyl sites for hydroxylation is 1. The van der Waals surface area contributed by atoms with E-state index in [0.29, 0.717) is 17.6 Å². The zero-order valence-electron chi connectivity index (χ0n) is 25.9. The number of para-hydroxylation sites is 2. The minimum Gasteiger partial charge on any atom is -0.392 e. The molecule has 5 atom stereocenters. The molecule has 1 N–H and O–H groups in total. The molecule has 7 rings (SSSR count). The van der Waals surface area contributed by atoms with E-state index in [-0.39, 0.29) is 13.4 Å². The molecule has 2 aromatic carbocycles. The molecule has 2 aliphatic heterocycles. The van der Waals surface area contributed by atoms with Crippen molar-refractivity contribution in [1.29, 1.82) is 0 Å². The second kappa shape index (κ2) is 12.3. The number of fused-ring (bicyclic) bond motifs is 1. The Hall–Kier alpha value is -2.70. The van der Waals surface area contributed by atoms with E-state index >= 15 is 0 Å². The van der Waals surface area contributed by atoms with Gasteiger partial charge in [-0.25, -0.2) is 4.98 Å². The quantitative estimate of drug-likeness (QED) is 0.253. The average molecular weight is 561 g/mol. The van der Waals surface area contributed by atoms with Crippen LogP contribution in [0.3, 0.4) is 0 Å². The van der Waals surface area contributed by atoms with Crippen molar-refractivity contribution in [2.45, 2.75) is 109 Å². The Labute approximate surface area is 248 Å². The molecule has 3 aromatic rings. The van der Waals surface area contributed by atoms with Crippen molar-refractivity contribution in [2.75, 3.05) is 19.6 Å². The van der Waals surface area contributed by atoms with Crippen LogP contribution >= 0.6 is 0 Å². The highest BCUT2D eigenvalue weighted by Crippen LogP contribution is 2.66. The van der Waals surface area contributed by atoms with E-state index < -0.39 is 0 Å². The number of nitrogens with zero attached hydrogens (tertiary/aromatic N) is 4. The van der Waals surface area contributed by atoms with E-state index in [2.05, 4.69) is 58.9 Å². The smallest absolute Gasteiger partial charge is 0.209 e. The van der Waals surface area contributed by atoms with Gasteiger partial charge in [0.1, 0.15) is 5.82 Å². The summed E-state index contributed by atoms with van der Waals surface area (Å²) in [6, 6.07) is 18.4. The van der Waals surface area contributed by atoms with E-state index in [1.54, 1.807) is 0 Å². The maximum atomic E-state index is 11.5. The SMILES string of the molecule is CC.CC.Cc1nc2ccccc2n1[C@H]1CC2N(CCC3(c4cccc(CO)c4)CCN(C=O)CC3)C23CC[C@H]3C1.[HH]. The first-order chi connectivity index (χ1) is 20.1. The molecule has 4 aliphatic rings. The molecule has 6 heteroatoms. The van der Waals surface area contributed by atoms with Gasteiger partial charge in [-0.3, -0.25) is 9.69 Å². The Morgan fingerprint density at radius 1 is 1.02 bits per heavy atom. The highest BCUT2D eigenvalue weighted by molar-refractivity contribution is 5.76. The Kier molecular flexibility index (Phi) is 8.91. The van der Waals surface area contributed by atoms with Crippen molar-refractivity contribution < 1.29 is 11.3 Å². The first-order valence-electron chi connectivity index (χ1n) is 16.2. The lowest BCUT2D eigenvalue weighted by Crippen LogP contribution is -2.45. The van der Waals surface area contributed by atoms with Crippen molar-refractivity contribution in [3.05, 3.63) is 65.5 Å². The molecular formula is C35H52N4O2. The number of carbonyl (C=O) groups excluding carboxylic acids is 1. The number of rotatable bonds is 7. The number of aromatic nitrogens is 2. The van der Waals surface area contributed by atoms with Gasteiger partial charge in [0.05, 0.1) is 17.6 Å². The summed E-state index contributed by atoms with van der Waals surface area (Å²) in [4.78, 5) is 21.1. The largest absolute Gasteiger partial charge is 0.392 e. The van der Waals surface area contributed by atoms with Gasteiger partial charge in [-0.1, -0.05) is 64.1 Å². The summed E-state index contributed by atoms with van der Waals surface area (Å²) in [6.45, 7) is 13.0. The van der Waals surface area contributed by atoms with E-state index in [9.17, 15) is 9.90 Å². The van der Waals surface area contributed by atoms with Gasteiger partial charge in [-0.15, -0.1) is 0 Å². The molecule has 0 radical (unpaired) electrons. The standard InChI is InChI=1S/C31H38N4O2.2C2H6.H2/c1-22-32-27-7-2-3-8-28(27)35(22)26-18-25-9-10-31(25)29(19-26)34(31)16-13-30(11-14-33(21-37)15-12-30)24-6-4-5-23(17-24)20-36;2*1-2;/h2-8,17,21,25-26,29,36H,9-16,18-20H2,1H3;2*1-2H3;1H/t25-,26+,29?,31?,34?;;;/m0.../s1. The summed E-state index contributed by atoms with van der Waals surface area (Å²) in [5.74, 6) is 1.94. The molecule has 3 heterocycles. The van der Waals surface area contributed by atoms with E-state index in [4.69, 9.17) is 4.98 Å². The third kappa shape index (κ3) is 5.01. The number of benzene rings is 2. The normalized spacial score (nSPS) is 29.1. The number of piperidine rings is 1. The fraction of sp³-hybridized carbons (Fsp3) is 0.600. The van der Waals surface area contributed by atoms with Crippen molar-refractivity contribution in [3.8, 4) is 0 Å². The van der Waals surface area contributed by atoms with Crippen LogP contribution in [0.1, 0.15) is 97.1 Å². The van der Waals surface area contributed by atoms with Crippen LogP contribution in [0.5, 0.6) is 0 Å². The highest BCUT2D eigenvalue weighted by Gasteiger charge is 2.72. The number of carbonyl (C=O) groups is 1. The summed E-state index contributed by atoms with van der Waals surface area (Å²) in [7, 11) is 0. The number of hydrogen-bond acceptors (Lipinski definition) is 4. The third-order valence-electron chi connectivity index (χ3n) is 10.7. The minimum absolute atomic E-state index is 0. The summed E-state index contributed by atoms with van der Waals surface area (Å²) >= 11 is 0. The fourth-order valence-electron chi connectivity index (χ4n) is 8.55. The van der Waals surface area contributed by atoms with Gasteiger partial charge in [0.2, 0.25) is 6.41 Å². The van der Waals surface area contributed by atoms with Crippen LogP contribution in [-0.2, 0) is 16.8 Å². The van der Waals surface area contributed by atoms with Crippen molar-refractivity contribution in [2.24, 2.45) is 5.92 Å². The minimum atomic E-state index is 0. The molecule has 1 spiro atoms. The summed E-state index contributed by atoms with van der Waals surface area (Å²) in [6.07, 6.45) is 9.33. The summed E-state index contributed by atoms with van der Waals surface area (Å²) in [5.41, 5.74) is 5.25. The van der Waals surface area contributed by atoms with Crippen molar-refractivity contribution in [3.63, 3.8) is 0 Å². The van der Waals surface area contributed by atoms with Gasteiger partial charge >= 0.3 is 0 Å². The third-order valence-corrected chi connectivity index (χ3v) is 10.7. The molecule has 4 fully saturated rings. The van der Waals surface area contributed by atoms with Crippen molar-refractivity contribution >= 4 is 17.4 Å². The van der Waals surface area contributed by atoms with Crippen LogP contribution in [0.15, 0.2) is 48.5 Å². The van der Waals surface area contributed by atoms with Crippen LogP contribution in [0.4, 0.5) is 0 Å². The van der Waals surface area contributed by atoms with Gasteiger partial charge in [-0.2, -0.15) is 0 Å². The number of likely N-dealkylation sites (tertiary alicyclic amines) is 2. The van der Waals surface area contributed by atoms with Gasteiger partial charge in [0, 0.05) is 32.1 Å². The predicted octanol–water partition coefficient (Wildman–Crippen LogP) is 6.88. The molecule has 3 unspecified atom stereocenters. The molecule has 2 aliphatic carbocycles. The topological polar surface area (TPSA) is 61.4 Å². The Balaban J connectivity index is 0.000000778. The van der Waals surface area contributed by atoms with Crippen LogP contribution in [0.2, 0.25) is 0 Å². The molecule has 6 nitrogen and oxygen atoms in total. The maximum absolute atomic E-state index is 11.5. The second-order valence-corrected chi connectivity index (χ2v) is 12.1. The molecule has 224 valence electrons. The Morgan fingerprint density at radius 2 is 1.78 bits per heavy atom. The number of imidazole rings is 1. The van der Waals surface area contributed by atoms with Crippen LogP contribution in [-0.4, -0.2) is 62.1 Å². The number of aliphatic hydroxyl groups excluding tert-OH is 1. The Morgan fingerprint density at radius 3 is 2.46 bits per heavy atom. The predicted molar refractivity (Wildman–Crippen MR) is 169 cm³/mol. The number of hydrogen-bond donors (Lipinski definition) is 1. The van der Waals surface area contributed by atoms with Gasteiger partial charge < -0.3 is 14.6 Å². The molecule has 2 saturated heterocycles. The van der Waals surface area contributed by atoms with E-state index in [0.717, 1.165) is 68.1 Å². The van der Waals surface area contributed by atoms with E-state index in [1.165, 1.54) is 36.8 Å². The molecule has 1 aromatic heterocycles. The van der Waals surface area contributed by atoms with Crippen molar-refractivity contribution in [1.82, 2.24) is 19.4 Å². The maximum Gasteiger partial charge on any atom is 0.209 e. The average Bonchev–Trinajstić information content (AvgIpc) is 3.58. The zero-order valence-corrected chi connectivity index (χ0v) is 25.9. The van der Waals surface area contributed by atoms with Crippen LogP contribution < -0.4 is 0 Å². The lowest BCUT2D eigenvalue weighted by Gasteiger charge is -2.44. The lowest BCUT2D eigenvalue weighted by atomic mass is 9.63. The molecule has 1 amide bonds. The van der Waals surface area contributed by atoms with Crippen LogP contribution in [0, 0.1) is 12.8 Å². The summed E-state index contributed by atoms with van der Waals surface area (Å²) < 4.78 is 2.53. The Bertz CT molecular complexity index is 1330. The highest BCUT2D eigenvalue weighted by atomic mass is 16.3. The zero-order chi connectivity index (χ0) is 29.2. The van der Waals surface area contributed by atoms with Gasteiger partial charge in [0.15, 0.2) is 0 Å². The number of amides is 1. The monoisotopic (exact) mass is 560 g/mol. The first kappa shape index (κ1) is 29.8. The van der Waals surface area contributed by atoms with E-state index in [1.807, 2.05) is 38.7 Å². The molecule has 41 heavy (non-hydrogen) atoms.